The van der Waals surface area contributed by atoms with Crippen LogP contribution in [0.25, 0.3) is 0 Å². The van der Waals surface area contributed by atoms with Crippen LogP contribution in [0.2, 0.25) is 0 Å². The van der Waals surface area contributed by atoms with Gasteiger partial charge in [0.15, 0.2) is 0 Å². The number of fused-ring (bicyclic) bond motifs is 1. The number of anilines is 1. The lowest BCUT2D eigenvalue weighted by Gasteiger charge is -2.23. The highest BCUT2D eigenvalue weighted by molar-refractivity contribution is 7.85. The monoisotopic (exact) mass is 347 g/mol. The summed E-state index contributed by atoms with van der Waals surface area (Å²) in [5.74, 6) is -0.643. The highest BCUT2D eigenvalue weighted by Gasteiger charge is 2.39. The van der Waals surface area contributed by atoms with Crippen LogP contribution in [0.3, 0.4) is 0 Å². The van der Waals surface area contributed by atoms with E-state index in [9.17, 15) is 9.00 Å². The fourth-order valence-corrected chi connectivity index (χ4v) is 5.05. The van der Waals surface area contributed by atoms with E-state index in [0.29, 0.717) is 10.6 Å². The molecule has 0 aliphatic carbocycles. The Bertz CT molecular complexity index is 925. The average Bonchev–Trinajstić information content (AvgIpc) is 2.77. The van der Waals surface area contributed by atoms with Crippen LogP contribution in [0.4, 0.5) is 5.69 Å². The van der Waals surface area contributed by atoms with Gasteiger partial charge in [-0.15, -0.1) is 0 Å². The molecule has 1 heterocycles. The van der Waals surface area contributed by atoms with Gasteiger partial charge in [0.05, 0.1) is 32.6 Å². The first-order chi connectivity index (χ1) is 12.3. The number of benzene rings is 3. The van der Waals surface area contributed by atoms with Gasteiger partial charge in [-0.2, -0.15) is 0 Å². The van der Waals surface area contributed by atoms with Crippen LogP contribution in [0, 0.1) is 0 Å². The normalized spacial score (nSPS) is 22.6. The molecule has 3 aromatic rings. The molecule has 0 saturated carbocycles. The SMILES string of the molecule is O=C1Nc2ccccc2S(=O)C(c2ccccc2)C1c1ccccc1. The van der Waals surface area contributed by atoms with Crippen LogP contribution in [0.15, 0.2) is 89.8 Å². The molecule has 124 valence electrons. The minimum atomic E-state index is -1.36. The molecule has 1 N–H and O–H groups in total. The zero-order valence-electron chi connectivity index (χ0n) is 13.5. The molecule has 4 heteroatoms. The van der Waals surface area contributed by atoms with Gasteiger partial charge in [-0.05, 0) is 23.3 Å². The summed E-state index contributed by atoms with van der Waals surface area (Å²) >= 11 is 0. The Kier molecular flexibility index (Phi) is 4.20. The average molecular weight is 347 g/mol. The van der Waals surface area contributed by atoms with E-state index in [2.05, 4.69) is 5.32 Å². The molecule has 3 nitrogen and oxygen atoms in total. The number of rotatable bonds is 2. The van der Waals surface area contributed by atoms with Crippen LogP contribution in [-0.4, -0.2) is 10.1 Å². The first-order valence-electron chi connectivity index (χ1n) is 8.16. The quantitative estimate of drug-likeness (QED) is 0.752. The number of amides is 1. The van der Waals surface area contributed by atoms with E-state index >= 15 is 0 Å². The Morgan fingerprint density at radius 2 is 1.28 bits per heavy atom. The van der Waals surface area contributed by atoms with E-state index in [0.717, 1.165) is 11.1 Å². The predicted molar refractivity (Wildman–Crippen MR) is 99.8 cm³/mol. The lowest BCUT2D eigenvalue weighted by Crippen LogP contribution is -2.25. The summed E-state index contributed by atoms with van der Waals surface area (Å²) in [6.45, 7) is 0. The Morgan fingerprint density at radius 1 is 0.720 bits per heavy atom. The third-order valence-corrected chi connectivity index (χ3v) is 6.26. The maximum Gasteiger partial charge on any atom is 0.233 e. The van der Waals surface area contributed by atoms with Crippen molar-refractivity contribution in [1.29, 1.82) is 0 Å². The fraction of sp³-hybridized carbons (Fsp3) is 0.0952. The van der Waals surface area contributed by atoms with E-state index in [1.807, 2.05) is 78.9 Å². The molecule has 0 bridgehead atoms. The molecule has 4 rings (SSSR count). The molecule has 1 amide bonds. The van der Waals surface area contributed by atoms with Crippen molar-refractivity contribution in [2.75, 3.05) is 5.32 Å². The standard InChI is InChI=1S/C21H17NO2S/c23-21-19(15-9-3-1-4-10-15)20(16-11-5-2-6-12-16)25(24)18-14-8-7-13-17(18)22-21/h1-14,19-20H,(H,22,23). The van der Waals surface area contributed by atoms with Crippen LogP contribution in [0.1, 0.15) is 22.3 Å². The summed E-state index contributed by atoms with van der Waals surface area (Å²) in [5, 5.41) is 2.53. The van der Waals surface area contributed by atoms with Crippen LogP contribution in [0.5, 0.6) is 0 Å². The van der Waals surface area contributed by atoms with E-state index in [-0.39, 0.29) is 5.91 Å². The number of nitrogens with one attached hydrogen (secondary N) is 1. The van der Waals surface area contributed by atoms with Gasteiger partial charge >= 0.3 is 0 Å². The van der Waals surface area contributed by atoms with Gasteiger partial charge in [0.2, 0.25) is 5.91 Å². The zero-order valence-corrected chi connectivity index (χ0v) is 14.3. The molecule has 1 aliphatic heterocycles. The number of hydrogen-bond acceptors (Lipinski definition) is 2. The third kappa shape index (κ3) is 2.89. The summed E-state index contributed by atoms with van der Waals surface area (Å²) in [7, 11) is -1.36. The van der Waals surface area contributed by atoms with E-state index < -0.39 is 22.0 Å². The summed E-state index contributed by atoms with van der Waals surface area (Å²) in [6, 6.07) is 26.6. The first kappa shape index (κ1) is 15.8. The lowest BCUT2D eigenvalue weighted by atomic mass is 9.90. The van der Waals surface area contributed by atoms with Crippen molar-refractivity contribution < 1.29 is 9.00 Å². The summed E-state index contributed by atoms with van der Waals surface area (Å²) in [5.41, 5.74) is 2.40. The molecule has 0 spiro atoms. The van der Waals surface area contributed by atoms with Crippen molar-refractivity contribution in [2.24, 2.45) is 0 Å². The maximum atomic E-state index is 13.5. The van der Waals surface area contributed by atoms with Crippen LogP contribution < -0.4 is 5.32 Å². The minimum Gasteiger partial charge on any atom is -0.324 e. The van der Waals surface area contributed by atoms with Crippen molar-refractivity contribution in [3.8, 4) is 0 Å². The summed E-state index contributed by atoms with van der Waals surface area (Å²) in [4.78, 5) is 13.7. The Morgan fingerprint density at radius 3 is 1.96 bits per heavy atom. The second-order valence-electron chi connectivity index (χ2n) is 6.00. The number of hydrogen-bond donors (Lipinski definition) is 1. The lowest BCUT2D eigenvalue weighted by molar-refractivity contribution is -0.117. The Hall–Kier alpha value is -2.72. The molecule has 1 aliphatic rings. The van der Waals surface area contributed by atoms with Gasteiger partial charge in [0, 0.05) is 0 Å². The van der Waals surface area contributed by atoms with Crippen molar-refractivity contribution in [2.45, 2.75) is 16.1 Å². The van der Waals surface area contributed by atoms with E-state index in [4.69, 9.17) is 0 Å². The molecule has 25 heavy (non-hydrogen) atoms. The van der Waals surface area contributed by atoms with Gasteiger partial charge < -0.3 is 5.32 Å². The topological polar surface area (TPSA) is 46.2 Å². The Balaban J connectivity index is 1.93. The molecular formula is C21H17NO2S. The molecule has 0 fully saturated rings. The predicted octanol–water partition coefficient (Wildman–Crippen LogP) is 4.27. The number of carbonyl (C=O) groups excluding carboxylic acids is 1. The molecule has 0 saturated heterocycles. The highest BCUT2D eigenvalue weighted by atomic mass is 32.2. The van der Waals surface area contributed by atoms with Crippen LogP contribution >= 0.6 is 0 Å². The molecule has 3 aromatic carbocycles. The molecule has 3 unspecified atom stereocenters. The first-order valence-corrected chi connectivity index (χ1v) is 9.37. The second kappa shape index (κ2) is 6.65. The van der Waals surface area contributed by atoms with Crippen LogP contribution in [-0.2, 0) is 15.6 Å². The smallest absolute Gasteiger partial charge is 0.233 e. The molecule has 3 atom stereocenters. The largest absolute Gasteiger partial charge is 0.324 e. The highest BCUT2D eigenvalue weighted by Crippen LogP contribution is 2.43. The number of carbonyl (C=O) groups is 1. The van der Waals surface area contributed by atoms with Crippen molar-refractivity contribution in [3.63, 3.8) is 0 Å². The van der Waals surface area contributed by atoms with E-state index in [1.165, 1.54) is 0 Å². The van der Waals surface area contributed by atoms with Gasteiger partial charge in [0.25, 0.3) is 0 Å². The van der Waals surface area contributed by atoms with E-state index in [1.54, 1.807) is 6.07 Å². The Labute approximate surface area is 149 Å². The molecular weight excluding hydrogens is 330 g/mol. The maximum absolute atomic E-state index is 13.5. The van der Waals surface area contributed by atoms with Crippen molar-refractivity contribution >= 4 is 22.4 Å². The van der Waals surface area contributed by atoms with Gasteiger partial charge in [0.1, 0.15) is 0 Å². The second-order valence-corrected chi connectivity index (χ2v) is 7.54. The number of para-hydroxylation sites is 1. The summed E-state index contributed by atoms with van der Waals surface area (Å²) in [6.07, 6.45) is 0. The van der Waals surface area contributed by atoms with Gasteiger partial charge in [-0.25, -0.2) is 0 Å². The van der Waals surface area contributed by atoms with Crippen molar-refractivity contribution in [1.82, 2.24) is 0 Å². The molecule has 0 radical (unpaired) electrons. The molecule has 0 aromatic heterocycles. The zero-order chi connectivity index (χ0) is 17.2. The van der Waals surface area contributed by atoms with Gasteiger partial charge in [-0.3, -0.25) is 9.00 Å². The van der Waals surface area contributed by atoms with Gasteiger partial charge in [-0.1, -0.05) is 72.8 Å². The third-order valence-electron chi connectivity index (χ3n) is 4.46. The van der Waals surface area contributed by atoms with Crippen molar-refractivity contribution in [3.05, 3.63) is 96.1 Å². The fourth-order valence-electron chi connectivity index (χ4n) is 3.30. The minimum absolute atomic E-state index is 0.127. The summed E-state index contributed by atoms with van der Waals surface area (Å²) < 4.78 is 13.5.